The standard InChI is InChI=1S/C16H19FN4O2/c1-9-5-6-12(7-13(9)17)16(23)18-8-14(22)19-15-10(2)20-21(4)11(15)3/h5-7H,8H2,1-4H3,(H,18,23)(H,19,22). The maximum atomic E-state index is 13.4. The van der Waals surface area contributed by atoms with Crippen molar-refractivity contribution in [2.24, 2.45) is 7.05 Å². The van der Waals surface area contributed by atoms with Gasteiger partial charge in [0.25, 0.3) is 5.91 Å². The third-order valence-electron chi connectivity index (χ3n) is 3.62. The molecular weight excluding hydrogens is 299 g/mol. The van der Waals surface area contributed by atoms with E-state index < -0.39 is 11.7 Å². The van der Waals surface area contributed by atoms with E-state index in [4.69, 9.17) is 0 Å². The molecule has 1 heterocycles. The van der Waals surface area contributed by atoms with Crippen molar-refractivity contribution in [2.45, 2.75) is 20.8 Å². The van der Waals surface area contributed by atoms with Crippen molar-refractivity contribution in [3.05, 3.63) is 46.5 Å². The molecule has 0 fully saturated rings. The van der Waals surface area contributed by atoms with Gasteiger partial charge in [-0.3, -0.25) is 14.3 Å². The number of aryl methyl sites for hydroxylation is 3. The number of amides is 2. The normalized spacial score (nSPS) is 10.5. The fraction of sp³-hybridized carbons (Fsp3) is 0.312. The maximum Gasteiger partial charge on any atom is 0.251 e. The second-order valence-electron chi connectivity index (χ2n) is 5.36. The molecule has 0 saturated carbocycles. The summed E-state index contributed by atoms with van der Waals surface area (Å²) in [6, 6.07) is 4.19. The number of benzene rings is 1. The van der Waals surface area contributed by atoms with Gasteiger partial charge in [0, 0.05) is 12.6 Å². The van der Waals surface area contributed by atoms with Gasteiger partial charge in [-0.05, 0) is 38.5 Å². The molecule has 2 aromatic rings. The molecule has 2 amide bonds. The van der Waals surface area contributed by atoms with E-state index in [1.165, 1.54) is 12.1 Å². The Labute approximate surface area is 133 Å². The molecule has 1 aromatic heterocycles. The lowest BCUT2D eigenvalue weighted by molar-refractivity contribution is -0.115. The van der Waals surface area contributed by atoms with Gasteiger partial charge in [-0.1, -0.05) is 6.07 Å². The Morgan fingerprint density at radius 1 is 1.26 bits per heavy atom. The Balaban J connectivity index is 1.96. The second-order valence-corrected chi connectivity index (χ2v) is 5.36. The van der Waals surface area contributed by atoms with Gasteiger partial charge in [0.2, 0.25) is 5.91 Å². The first kappa shape index (κ1) is 16.7. The molecule has 6 nitrogen and oxygen atoms in total. The van der Waals surface area contributed by atoms with Crippen LogP contribution in [-0.4, -0.2) is 28.1 Å². The molecule has 23 heavy (non-hydrogen) atoms. The third kappa shape index (κ3) is 3.74. The third-order valence-corrected chi connectivity index (χ3v) is 3.62. The van der Waals surface area contributed by atoms with Crippen LogP contribution < -0.4 is 10.6 Å². The van der Waals surface area contributed by atoms with Crippen molar-refractivity contribution in [3.63, 3.8) is 0 Å². The first-order valence-electron chi connectivity index (χ1n) is 7.14. The van der Waals surface area contributed by atoms with Crippen LogP contribution in [0.25, 0.3) is 0 Å². The Morgan fingerprint density at radius 3 is 2.52 bits per heavy atom. The van der Waals surface area contributed by atoms with Gasteiger partial charge in [0.05, 0.1) is 23.6 Å². The van der Waals surface area contributed by atoms with Crippen molar-refractivity contribution in [1.82, 2.24) is 15.1 Å². The molecule has 0 unspecified atom stereocenters. The highest BCUT2D eigenvalue weighted by atomic mass is 19.1. The average molecular weight is 318 g/mol. The number of hydrogen-bond donors (Lipinski definition) is 2. The largest absolute Gasteiger partial charge is 0.343 e. The Morgan fingerprint density at radius 2 is 1.96 bits per heavy atom. The van der Waals surface area contributed by atoms with Crippen LogP contribution >= 0.6 is 0 Å². The van der Waals surface area contributed by atoms with E-state index in [0.717, 1.165) is 11.8 Å². The summed E-state index contributed by atoms with van der Waals surface area (Å²) < 4.78 is 15.1. The van der Waals surface area contributed by atoms with Gasteiger partial charge in [-0.25, -0.2) is 4.39 Å². The Bertz CT molecular complexity index is 768. The molecule has 2 N–H and O–H groups in total. The summed E-state index contributed by atoms with van der Waals surface area (Å²) >= 11 is 0. The van der Waals surface area contributed by atoms with Crippen LogP contribution in [0.15, 0.2) is 18.2 Å². The number of nitrogens with zero attached hydrogens (tertiary/aromatic N) is 2. The average Bonchev–Trinajstić information content (AvgIpc) is 2.74. The molecule has 0 spiro atoms. The summed E-state index contributed by atoms with van der Waals surface area (Å²) in [7, 11) is 1.78. The summed E-state index contributed by atoms with van der Waals surface area (Å²) in [5.74, 6) is -1.33. The minimum atomic E-state index is -0.501. The SMILES string of the molecule is Cc1ccc(C(=O)NCC(=O)Nc2c(C)nn(C)c2C)cc1F. The number of aromatic nitrogens is 2. The van der Waals surface area contributed by atoms with Gasteiger partial charge in [-0.2, -0.15) is 5.10 Å². The lowest BCUT2D eigenvalue weighted by atomic mass is 10.1. The summed E-state index contributed by atoms with van der Waals surface area (Å²) in [6.07, 6.45) is 0. The van der Waals surface area contributed by atoms with E-state index in [9.17, 15) is 14.0 Å². The summed E-state index contributed by atoms with van der Waals surface area (Å²) in [4.78, 5) is 23.9. The zero-order valence-electron chi connectivity index (χ0n) is 13.5. The fourth-order valence-corrected chi connectivity index (χ4v) is 2.13. The first-order chi connectivity index (χ1) is 10.8. The zero-order chi connectivity index (χ0) is 17.1. The highest BCUT2D eigenvalue weighted by Crippen LogP contribution is 2.17. The van der Waals surface area contributed by atoms with E-state index in [1.807, 2.05) is 6.92 Å². The second kappa shape index (κ2) is 6.60. The van der Waals surface area contributed by atoms with Crippen LogP contribution in [0.3, 0.4) is 0 Å². The number of anilines is 1. The smallest absolute Gasteiger partial charge is 0.251 e. The predicted molar refractivity (Wildman–Crippen MR) is 84.8 cm³/mol. The van der Waals surface area contributed by atoms with E-state index in [-0.39, 0.29) is 18.0 Å². The number of carbonyl (C=O) groups excluding carboxylic acids is 2. The van der Waals surface area contributed by atoms with Crippen LogP contribution in [0.4, 0.5) is 10.1 Å². The Kier molecular flexibility index (Phi) is 4.78. The van der Waals surface area contributed by atoms with Crippen LogP contribution in [0.1, 0.15) is 27.3 Å². The molecule has 0 aliphatic heterocycles. The van der Waals surface area contributed by atoms with E-state index >= 15 is 0 Å². The van der Waals surface area contributed by atoms with Crippen LogP contribution in [0.5, 0.6) is 0 Å². The van der Waals surface area contributed by atoms with Crippen LogP contribution in [0, 0.1) is 26.6 Å². The molecule has 0 atom stereocenters. The minimum absolute atomic E-state index is 0.176. The highest BCUT2D eigenvalue weighted by molar-refractivity contribution is 5.99. The van der Waals surface area contributed by atoms with Crippen molar-refractivity contribution < 1.29 is 14.0 Å². The molecule has 7 heteroatoms. The quantitative estimate of drug-likeness (QED) is 0.903. The number of halogens is 1. The van der Waals surface area contributed by atoms with E-state index in [0.29, 0.717) is 16.9 Å². The van der Waals surface area contributed by atoms with Gasteiger partial charge in [0.1, 0.15) is 5.82 Å². The molecule has 1 aromatic carbocycles. The topological polar surface area (TPSA) is 76.0 Å². The molecule has 0 aliphatic rings. The zero-order valence-corrected chi connectivity index (χ0v) is 13.5. The maximum absolute atomic E-state index is 13.4. The van der Waals surface area contributed by atoms with Gasteiger partial charge < -0.3 is 10.6 Å². The van der Waals surface area contributed by atoms with Gasteiger partial charge in [0.15, 0.2) is 0 Å². The van der Waals surface area contributed by atoms with Crippen LogP contribution in [-0.2, 0) is 11.8 Å². The predicted octanol–water partition coefficient (Wildman–Crippen LogP) is 1.85. The first-order valence-corrected chi connectivity index (χ1v) is 7.14. The molecule has 0 radical (unpaired) electrons. The fourth-order valence-electron chi connectivity index (χ4n) is 2.13. The molecular formula is C16H19FN4O2. The van der Waals surface area contributed by atoms with Gasteiger partial charge in [-0.15, -0.1) is 0 Å². The van der Waals surface area contributed by atoms with Crippen LogP contribution in [0.2, 0.25) is 0 Å². The number of carbonyl (C=O) groups is 2. The van der Waals surface area contributed by atoms with Crippen molar-refractivity contribution in [3.8, 4) is 0 Å². The van der Waals surface area contributed by atoms with Crippen molar-refractivity contribution in [2.75, 3.05) is 11.9 Å². The minimum Gasteiger partial charge on any atom is -0.343 e. The van der Waals surface area contributed by atoms with Crippen molar-refractivity contribution in [1.29, 1.82) is 0 Å². The molecule has 2 rings (SSSR count). The summed E-state index contributed by atoms with van der Waals surface area (Å²) in [5.41, 5.74) is 2.79. The Hall–Kier alpha value is -2.70. The van der Waals surface area contributed by atoms with E-state index in [1.54, 1.807) is 25.6 Å². The van der Waals surface area contributed by atoms with E-state index in [2.05, 4.69) is 15.7 Å². The molecule has 0 saturated heterocycles. The number of hydrogen-bond acceptors (Lipinski definition) is 3. The monoisotopic (exact) mass is 318 g/mol. The lowest BCUT2D eigenvalue weighted by Gasteiger charge is -2.08. The molecule has 0 aliphatic carbocycles. The highest BCUT2D eigenvalue weighted by Gasteiger charge is 2.14. The summed E-state index contributed by atoms with van der Waals surface area (Å²) in [6.45, 7) is 5.03. The number of nitrogens with one attached hydrogen (secondary N) is 2. The molecule has 122 valence electrons. The lowest BCUT2D eigenvalue weighted by Crippen LogP contribution is -2.33. The molecule has 0 bridgehead atoms. The van der Waals surface area contributed by atoms with Gasteiger partial charge >= 0.3 is 0 Å². The summed E-state index contributed by atoms with van der Waals surface area (Å²) in [5, 5.41) is 9.38. The number of rotatable bonds is 4. The van der Waals surface area contributed by atoms with Crippen molar-refractivity contribution >= 4 is 17.5 Å².